The van der Waals surface area contributed by atoms with E-state index in [4.69, 9.17) is 4.74 Å². The van der Waals surface area contributed by atoms with Crippen LogP contribution < -0.4 is 10.6 Å². The van der Waals surface area contributed by atoms with Crippen molar-refractivity contribution in [2.24, 2.45) is 0 Å². The van der Waals surface area contributed by atoms with Crippen molar-refractivity contribution in [1.29, 1.82) is 0 Å². The van der Waals surface area contributed by atoms with Gasteiger partial charge in [0.05, 0.1) is 23.9 Å². The number of amides is 2. The van der Waals surface area contributed by atoms with Gasteiger partial charge in [0.15, 0.2) is 0 Å². The highest BCUT2D eigenvalue weighted by Gasteiger charge is 2.31. The van der Waals surface area contributed by atoms with E-state index in [1.165, 1.54) is 11.8 Å². The standard InChI is InChI=1S/C18H22N6O3S/c1-4-13-15(16(25)27-5-2)14(20-17(26)19-13)10-28-18-21-22-23-24(18)12-8-6-11(3)7-9-12/h6-9,13H,4-5,10H2,1-3H3,(H2,19,20,26). The lowest BCUT2D eigenvalue weighted by molar-refractivity contribution is -0.139. The highest BCUT2D eigenvalue weighted by molar-refractivity contribution is 7.99. The second-order valence-corrected chi connectivity index (χ2v) is 7.11. The van der Waals surface area contributed by atoms with E-state index in [1.807, 2.05) is 38.1 Å². The van der Waals surface area contributed by atoms with Crippen molar-refractivity contribution in [3.05, 3.63) is 41.1 Å². The first-order valence-electron chi connectivity index (χ1n) is 8.99. The molecule has 2 aromatic rings. The fourth-order valence-corrected chi connectivity index (χ4v) is 3.69. The molecular formula is C18H22N6O3S. The number of aromatic nitrogens is 4. The smallest absolute Gasteiger partial charge is 0.337 e. The largest absolute Gasteiger partial charge is 0.463 e. The summed E-state index contributed by atoms with van der Waals surface area (Å²) >= 11 is 1.33. The monoisotopic (exact) mass is 402 g/mol. The zero-order valence-electron chi connectivity index (χ0n) is 15.9. The van der Waals surface area contributed by atoms with Crippen LogP contribution in [0.2, 0.25) is 0 Å². The number of carbonyl (C=O) groups excluding carboxylic acids is 2. The quantitative estimate of drug-likeness (QED) is 0.538. The number of ether oxygens (including phenoxy) is 1. The normalized spacial score (nSPS) is 16.5. The minimum atomic E-state index is -0.435. The number of urea groups is 1. The Morgan fingerprint density at radius 1 is 1.29 bits per heavy atom. The Morgan fingerprint density at radius 3 is 2.71 bits per heavy atom. The summed E-state index contributed by atoms with van der Waals surface area (Å²) in [5.74, 6) is -0.111. The second kappa shape index (κ2) is 8.87. The van der Waals surface area contributed by atoms with Gasteiger partial charge in [-0.15, -0.1) is 5.10 Å². The summed E-state index contributed by atoms with van der Waals surface area (Å²) in [4.78, 5) is 24.4. The van der Waals surface area contributed by atoms with E-state index in [9.17, 15) is 9.59 Å². The van der Waals surface area contributed by atoms with Gasteiger partial charge in [-0.2, -0.15) is 4.68 Å². The van der Waals surface area contributed by atoms with E-state index in [0.717, 1.165) is 11.3 Å². The highest BCUT2D eigenvalue weighted by atomic mass is 32.2. The molecule has 1 aliphatic rings. The Hall–Kier alpha value is -2.88. The van der Waals surface area contributed by atoms with Crippen molar-refractivity contribution in [2.75, 3.05) is 12.4 Å². The first-order chi connectivity index (χ1) is 13.5. The minimum absolute atomic E-state index is 0.263. The molecule has 1 atom stereocenters. The lowest BCUT2D eigenvalue weighted by atomic mass is 10.0. The predicted molar refractivity (Wildman–Crippen MR) is 104 cm³/mol. The van der Waals surface area contributed by atoms with E-state index in [-0.39, 0.29) is 12.6 Å². The number of esters is 1. The van der Waals surface area contributed by atoms with Crippen LogP contribution in [-0.2, 0) is 9.53 Å². The van der Waals surface area contributed by atoms with E-state index in [2.05, 4.69) is 26.2 Å². The second-order valence-electron chi connectivity index (χ2n) is 6.17. The Morgan fingerprint density at radius 2 is 2.04 bits per heavy atom. The maximum atomic E-state index is 12.4. The molecule has 9 nitrogen and oxygen atoms in total. The zero-order chi connectivity index (χ0) is 20.1. The molecule has 1 unspecified atom stereocenters. The minimum Gasteiger partial charge on any atom is -0.463 e. The Balaban J connectivity index is 1.85. The summed E-state index contributed by atoms with van der Waals surface area (Å²) in [5.41, 5.74) is 2.92. The number of nitrogens with one attached hydrogen (secondary N) is 2. The van der Waals surface area contributed by atoms with Gasteiger partial charge >= 0.3 is 12.0 Å². The third-order valence-electron chi connectivity index (χ3n) is 4.21. The number of nitrogens with zero attached hydrogens (tertiary/aromatic N) is 4. The molecule has 2 N–H and O–H groups in total. The number of benzene rings is 1. The van der Waals surface area contributed by atoms with Crippen LogP contribution in [0.1, 0.15) is 25.8 Å². The van der Waals surface area contributed by atoms with Gasteiger partial charge in [0.25, 0.3) is 0 Å². The molecule has 1 aromatic heterocycles. The van der Waals surface area contributed by atoms with Crippen LogP contribution in [0.5, 0.6) is 0 Å². The molecule has 0 fully saturated rings. The summed E-state index contributed by atoms with van der Waals surface area (Å²) in [6, 6.07) is 7.08. The predicted octanol–water partition coefficient (Wildman–Crippen LogP) is 1.97. The van der Waals surface area contributed by atoms with Crippen LogP contribution in [0.3, 0.4) is 0 Å². The van der Waals surface area contributed by atoms with Crippen LogP contribution >= 0.6 is 11.8 Å². The summed E-state index contributed by atoms with van der Waals surface area (Å²) < 4.78 is 6.80. The number of rotatable bonds is 7. The number of aryl methyl sites for hydroxylation is 1. The first-order valence-corrected chi connectivity index (χ1v) is 9.97. The molecule has 10 heteroatoms. The molecule has 0 aliphatic carbocycles. The van der Waals surface area contributed by atoms with E-state index < -0.39 is 12.0 Å². The highest BCUT2D eigenvalue weighted by Crippen LogP contribution is 2.24. The molecule has 2 amide bonds. The molecule has 0 bridgehead atoms. The fraction of sp³-hybridized carbons (Fsp3) is 0.389. The topological polar surface area (TPSA) is 111 Å². The molecule has 0 saturated carbocycles. The summed E-state index contributed by atoms with van der Waals surface area (Å²) in [6.07, 6.45) is 0.580. The third kappa shape index (κ3) is 4.33. The van der Waals surface area contributed by atoms with E-state index >= 15 is 0 Å². The summed E-state index contributed by atoms with van der Waals surface area (Å²) in [7, 11) is 0. The molecule has 148 valence electrons. The van der Waals surface area contributed by atoms with Gasteiger partial charge in [0.1, 0.15) is 0 Å². The average Bonchev–Trinajstić information content (AvgIpc) is 3.15. The number of carbonyl (C=O) groups is 2. The molecule has 28 heavy (non-hydrogen) atoms. The van der Waals surface area contributed by atoms with Crippen LogP contribution in [0.15, 0.2) is 40.7 Å². The maximum absolute atomic E-state index is 12.4. The average molecular weight is 402 g/mol. The molecule has 0 radical (unpaired) electrons. The number of hydrogen-bond acceptors (Lipinski definition) is 7. The van der Waals surface area contributed by atoms with Gasteiger partial charge in [-0.05, 0) is 42.8 Å². The Bertz CT molecular complexity index is 893. The van der Waals surface area contributed by atoms with Crippen LogP contribution in [-0.4, -0.2) is 50.6 Å². The van der Waals surface area contributed by atoms with Crippen LogP contribution in [0.25, 0.3) is 5.69 Å². The summed E-state index contributed by atoms with van der Waals surface area (Å²) in [5, 5.41) is 17.9. The third-order valence-corrected chi connectivity index (χ3v) is 5.16. The molecule has 1 aromatic carbocycles. The van der Waals surface area contributed by atoms with Gasteiger partial charge in [0, 0.05) is 11.4 Å². The van der Waals surface area contributed by atoms with Gasteiger partial charge in [0.2, 0.25) is 5.16 Å². The van der Waals surface area contributed by atoms with Crippen LogP contribution in [0, 0.1) is 6.92 Å². The molecule has 1 aliphatic heterocycles. The molecule has 0 saturated heterocycles. The van der Waals surface area contributed by atoms with Crippen molar-refractivity contribution >= 4 is 23.8 Å². The lowest BCUT2D eigenvalue weighted by Crippen LogP contribution is -2.50. The number of hydrogen-bond donors (Lipinski definition) is 2. The van der Waals surface area contributed by atoms with Crippen molar-refractivity contribution in [3.63, 3.8) is 0 Å². The first kappa shape index (κ1) is 19.9. The van der Waals surface area contributed by atoms with Gasteiger partial charge in [-0.1, -0.05) is 36.4 Å². The van der Waals surface area contributed by atoms with Crippen LogP contribution in [0.4, 0.5) is 4.79 Å². The number of tetrazole rings is 1. The lowest BCUT2D eigenvalue weighted by Gasteiger charge is -2.28. The molecule has 3 rings (SSSR count). The van der Waals surface area contributed by atoms with Crippen molar-refractivity contribution in [2.45, 2.75) is 38.4 Å². The van der Waals surface area contributed by atoms with E-state index in [0.29, 0.717) is 28.6 Å². The maximum Gasteiger partial charge on any atom is 0.337 e. The molecule has 2 heterocycles. The molecule has 0 spiro atoms. The van der Waals surface area contributed by atoms with Gasteiger partial charge < -0.3 is 15.4 Å². The van der Waals surface area contributed by atoms with Crippen molar-refractivity contribution in [1.82, 2.24) is 30.8 Å². The number of thioether (sulfide) groups is 1. The van der Waals surface area contributed by atoms with Crippen molar-refractivity contribution in [3.8, 4) is 5.69 Å². The Labute approximate surface area is 166 Å². The Kier molecular flexibility index (Phi) is 6.30. The van der Waals surface area contributed by atoms with Gasteiger partial charge in [-0.25, -0.2) is 9.59 Å². The SMILES string of the molecule is CCOC(=O)C1=C(CSc2nnnn2-c2ccc(C)cc2)NC(=O)NC1CC. The zero-order valence-corrected chi connectivity index (χ0v) is 16.7. The van der Waals surface area contributed by atoms with Crippen molar-refractivity contribution < 1.29 is 14.3 Å². The fourth-order valence-electron chi connectivity index (χ4n) is 2.83. The van der Waals surface area contributed by atoms with Gasteiger partial charge in [-0.3, -0.25) is 0 Å². The summed E-state index contributed by atoms with van der Waals surface area (Å²) in [6.45, 7) is 5.92. The molecular weight excluding hydrogens is 380 g/mol. The van der Waals surface area contributed by atoms with E-state index in [1.54, 1.807) is 11.6 Å².